The molecule has 2 aromatic carbocycles. The van der Waals surface area contributed by atoms with Crippen LogP contribution >= 0.6 is 11.6 Å². The standard InChI is InChI=1S/C21H26F3N5O3.C13H15ClF3N3O.C8H12N2O2.2C4H10O/c1-20(2,3)32-18(30)17-6-7-29(26-17)19(31)28-10-8-27(9-11-28)13-14-4-5-15(12-16(14)25)21(22,23)24;14-12(21)20-5-3-19(4-6-20)8-9-1-2-10(7-11(9)18)13(15,16)17;1-8(2,3)12-7(11)6-4-5-9-10-6;2*1-3-5-4-2/h4-7,12H,8-11,13,25H2,1-3H3;1-2,7H,3-6,8,18H2;4-5H,1-3H3,(H,9,10);2*3-4H2,1-2H3. The molecule has 2 saturated heterocycles. The normalized spacial score (nSPS) is 14.4. The monoisotopic (exact) mass is 1090 g/mol. The van der Waals surface area contributed by atoms with E-state index >= 15 is 0 Å². The van der Waals surface area contributed by atoms with Crippen molar-refractivity contribution in [3.8, 4) is 0 Å². The largest absolute Gasteiger partial charge is 0.455 e. The molecule has 2 fully saturated rings. The molecule has 0 aliphatic carbocycles. The van der Waals surface area contributed by atoms with Crippen LogP contribution in [0.3, 0.4) is 0 Å². The van der Waals surface area contributed by atoms with Crippen molar-refractivity contribution in [1.29, 1.82) is 0 Å². The number of nitrogen functional groups attached to an aromatic ring is 2. The van der Waals surface area contributed by atoms with Gasteiger partial charge in [0.25, 0.3) is 0 Å². The van der Waals surface area contributed by atoms with E-state index in [0.29, 0.717) is 82.3 Å². The number of hydrogen-bond donors (Lipinski definition) is 3. The van der Waals surface area contributed by atoms with Crippen LogP contribution in [-0.2, 0) is 44.4 Å². The van der Waals surface area contributed by atoms with E-state index in [2.05, 4.69) is 15.3 Å². The Morgan fingerprint density at radius 3 is 1.36 bits per heavy atom. The molecular weight excluding hydrogens is 1020 g/mol. The maximum absolute atomic E-state index is 12.8. The van der Waals surface area contributed by atoms with Gasteiger partial charge in [-0.25, -0.2) is 14.4 Å². The van der Waals surface area contributed by atoms with Crippen LogP contribution in [0.4, 0.5) is 47.3 Å². The summed E-state index contributed by atoms with van der Waals surface area (Å²) in [5, 5.41) is 9.72. The summed E-state index contributed by atoms with van der Waals surface area (Å²) in [6.45, 7) is 26.9. The average molecular weight is 1090 g/mol. The molecule has 0 saturated carbocycles. The van der Waals surface area contributed by atoms with Gasteiger partial charge in [-0.05, 0) is 128 Å². The molecule has 18 nitrogen and oxygen atoms in total. The molecule has 0 bridgehead atoms. The first-order valence-electron chi connectivity index (χ1n) is 24.2. The van der Waals surface area contributed by atoms with Gasteiger partial charge in [0.05, 0.1) is 11.1 Å². The van der Waals surface area contributed by atoms with Gasteiger partial charge in [0.2, 0.25) is 0 Å². The molecule has 5 N–H and O–H groups in total. The van der Waals surface area contributed by atoms with Crippen molar-refractivity contribution in [2.75, 3.05) is 90.3 Å². The Kier molecular flexibility index (Phi) is 26.6. The SMILES string of the molecule is CC(C)(C)OC(=O)c1ccn(C(=O)N2CCN(Cc3ccc(C(F)(F)F)cc3N)CC2)n1.CC(C)(C)OC(=O)c1ccn[nH]1.CCOCC.CCOCC.Nc1cc(C(F)(F)F)ccc1CN1CCN(C(=O)Cl)CC1. The Morgan fingerprint density at radius 2 is 1.03 bits per heavy atom. The number of anilines is 2. The highest BCUT2D eigenvalue weighted by Crippen LogP contribution is 2.33. The van der Waals surface area contributed by atoms with Crippen molar-refractivity contribution < 1.29 is 64.5 Å². The molecule has 75 heavy (non-hydrogen) atoms. The van der Waals surface area contributed by atoms with E-state index in [1.165, 1.54) is 35.5 Å². The first kappa shape index (κ1) is 65.2. The minimum atomic E-state index is -4.44. The van der Waals surface area contributed by atoms with E-state index in [1.54, 1.807) is 31.7 Å². The molecule has 4 aromatic rings. The van der Waals surface area contributed by atoms with Crippen LogP contribution in [0, 0.1) is 0 Å². The van der Waals surface area contributed by atoms with Gasteiger partial charge < -0.3 is 40.2 Å². The zero-order valence-electron chi connectivity index (χ0n) is 44.4. The molecule has 420 valence electrons. The summed E-state index contributed by atoms with van der Waals surface area (Å²) in [5.74, 6) is -0.983. The fourth-order valence-electron chi connectivity index (χ4n) is 6.62. The highest BCUT2D eigenvalue weighted by atomic mass is 35.5. The molecular formula is C50H73ClF6N10O8. The third-order valence-electron chi connectivity index (χ3n) is 10.3. The molecule has 2 aliphatic rings. The lowest BCUT2D eigenvalue weighted by Crippen LogP contribution is -2.49. The summed E-state index contributed by atoms with van der Waals surface area (Å²) in [4.78, 5) is 54.2. The van der Waals surface area contributed by atoms with Gasteiger partial charge >= 0.3 is 35.7 Å². The number of aromatic amines is 1. The van der Waals surface area contributed by atoms with Gasteiger partial charge in [0.1, 0.15) is 16.9 Å². The van der Waals surface area contributed by atoms with Gasteiger partial charge in [-0.15, -0.1) is 0 Å². The minimum absolute atomic E-state index is 0.0460. The molecule has 0 spiro atoms. The Bertz CT molecular complexity index is 2350. The number of esters is 2. The van der Waals surface area contributed by atoms with Crippen molar-refractivity contribution in [2.45, 2.75) is 106 Å². The zero-order chi connectivity index (χ0) is 56.7. The number of alkyl halides is 6. The molecule has 4 heterocycles. The van der Waals surface area contributed by atoms with Crippen molar-refractivity contribution in [3.63, 3.8) is 0 Å². The number of ether oxygens (including phenoxy) is 4. The number of hydrogen-bond acceptors (Lipinski definition) is 14. The van der Waals surface area contributed by atoms with Crippen LogP contribution in [0.1, 0.15) is 112 Å². The smallest absolute Gasteiger partial charge is 0.416 e. The molecule has 0 radical (unpaired) electrons. The number of carbonyl (C=O) groups excluding carboxylic acids is 4. The fourth-order valence-corrected chi connectivity index (χ4v) is 6.79. The van der Waals surface area contributed by atoms with Gasteiger partial charge in [-0.3, -0.25) is 19.7 Å². The number of nitrogens with one attached hydrogen (secondary N) is 1. The van der Waals surface area contributed by atoms with Crippen LogP contribution in [0.5, 0.6) is 0 Å². The average Bonchev–Trinajstić information content (AvgIpc) is 4.05. The second-order valence-electron chi connectivity index (χ2n) is 18.6. The van der Waals surface area contributed by atoms with Crippen LogP contribution < -0.4 is 11.5 Å². The maximum Gasteiger partial charge on any atom is 0.416 e. The second-order valence-corrected chi connectivity index (χ2v) is 18.9. The van der Waals surface area contributed by atoms with E-state index in [1.807, 2.05) is 58.3 Å². The second kappa shape index (κ2) is 30.6. The number of nitrogens with zero attached hydrogens (tertiary/aromatic N) is 7. The number of benzene rings is 2. The Hall–Kier alpha value is -5.95. The molecule has 2 amide bonds. The van der Waals surface area contributed by atoms with Gasteiger partial charge in [-0.2, -0.15) is 41.2 Å². The quantitative estimate of drug-likeness (QED) is 0.0443. The third kappa shape index (κ3) is 24.5. The number of amides is 2. The van der Waals surface area contributed by atoms with Gasteiger partial charge in [-0.1, -0.05) is 12.1 Å². The third-order valence-corrected chi connectivity index (χ3v) is 10.6. The summed E-state index contributed by atoms with van der Waals surface area (Å²) in [6.07, 6.45) is -5.90. The first-order chi connectivity index (χ1) is 34.9. The van der Waals surface area contributed by atoms with Crippen LogP contribution in [0.15, 0.2) is 60.9 Å². The van der Waals surface area contributed by atoms with Gasteiger partial charge in [0.15, 0.2) is 5.69 Å². The molecule has 2 aromatic heterocycles. The molecule has 2 aliphatic heterocycles. The Balaban J connectivity index is 0.000000381. The number of nitrogens with two attached hydrogens (primary N) is 2. The van der Waals surface area contributed by atoms with Crippen molar-refractivity contribution in [1.82, 2.24) is 39.6 Å². The fraction of sp³-hybridized carbons (Fsp3) is 0.560. The number of rotatable bonds is 10. The van der Waals surface area contributed by atoms with E-state index in [-0.39, 0.29) is 29.1 Å². The minimum Gasteiger partial charge on any atom is -0.455 e. The summed E-state index contributed by atoms with van der Waals surface area (Å²) in [5.41, 5.74) is 10.7. The first-order valence-corrected chi connectivity index (χ1v) is 24.6. The Labute approximate surface area is 439 Å². The summed E-state index contributed by atoms with van der Waals surface area (Å²) < 4.78 is 97.2. The van der Waals surface area contributed by atoms with E-state index < -0.39 is 46.0 Å². The lowest BCUT2D eigenvalue weighted by atomic mass is 10.1. The van der Waals surface area contributed by atoms with Crippen LogP contribution in [0.25, 0.3) is 0 Å². The van der Waals surface area contributed by atoms with Crippen molar-refractivity contribution in [3.05, 3.63) is 94.6 Å². The molecule has 25 heteroatoms. The number of piperazine rings is 2. The topological polar surface area (TPSA) is 217 Å². The number of carbonyl (C=O) groups is 4. The van der Waals surface area contributed by atoms with Crippen molar-refractivity contribution in [2.24, 2.45) is 0 Å². The zero-order valence-corrected chi connectivity index (χ0v) is 45.1. The number of aromatic nitrogens is 4. The van der Waals surface area contributed by atoms with Crippen molar-refractivity contribution >= 4 is 46.3 Å². The Morgan fingerprint density at radius 1 is 0.613 bits per heavy atom. The number of halogens is 7. The maximum atomic E-state index is 12.8. The summed E-state index contributed by atoms with van der Waals surface area (Å²) in [6, 6.07) is 9.37. The lowest BCUT2D eigenvalue weighted by Gasteiger charge is -2.34. The predicted molar refractivity (Wildman–Crippen MR) is 273 cm³/mol. The van der Waals surface area contributed by atoms with E-state index in [9.17, 15) is 45.5 Å². The van der Waals surface area contributed by atoms with Gasteiger partial charge in [0, 0.05) is 116 Å². The van der Waals surface area contributed by atoms with E-state index in [0.717, 1.165) is 55.4 Å². The summed E-state index contributed by atoms with van der Waals surface area (Å²) in [7, 11) is 0. The highest BCUT2D eigenvalue weighted by Gasteiger charge is 2.33. The van der Waals surface area contributed by atoms with Crippen LogP contribution in [-0.4, -0.2) is 153 Å². The van der Waals surface area contributed by atoms with Crippen LogP contribution in [0.2, 0.25) is 0 Å². The summed E-state index contributed by atoms with van der Waals surface area (Å²) >= 11 is 5.39. The predicted octanol–water partition coefficient (Wildman–Crippen LogP) is 9.44. The highest BCUT2D eigenvalue weighted by molar-refractivity contribution is 6.62. The van der Waals surface area contributed by atoms with E-state index in [4.69, 9.17) is 42.0 Å². The molecule has 6 rings (SSSR count). The number of H-pyrrole nitrogens is 1. The molecule has 0 unspecified atom stereocenters. The lowest BCUT2D eigenvalue weighted by molar-refractivity contribution is -0.138. The molecule has 0 atom stereocenters.